The molecule has 2 unspecified atom stereocenters. The van der Waals surface area contributed by atoms with Gasteiger partial charge >= 0.3 is 0 Å². The van der Waals surface area contributed by atoms with Crippen LogP contribution in [0.25, 0.3) is 0 Å². The Hall–Kier alpha value is -0.260. The first-order valence-corrected chi connectivity index (χ1v) is 5.48. The second kappa shape index (κ2) is 3.48. The van der Waals surface area contributed by atoms with E-state index in [9.17, 15) is 0 Å². The largest absolute Gasteiger partial charge is 0.0770 e. The van der Waals surface area contributed by atoms with Crippen molar-refractivity contribution in [3.8, 4) is 0 Å². The van der Waals surface area contributed by atoms with Crippen molar-refractivity contribution >= 4 is 0 Å². The van der Waals surface area contributed by atoms with Gasteiger partial charge in [-0.1, -0.05) is 38.8 Å². The summed E-state index contributed by atoms with van der Waals surface area (Å²) in [6, 6.07) is 0. The van der Waals surface area contributed by atoms with E-state index in [0.717, 1.165) is 11.8 Å². The summed E-state index contributed by atoms with van der Waals surface area (Å²) >= 11 is 0. The SMILES string of the molecule is CC(C)=C1CC(C(C)(C)C)CC1C. The van der Waals surface area contributed by atoms with Crippen LogP contribution in [0.1, 0.15) is 54.4 Å². The van der Waals surface area contributed by atoms with Crippen molar-refractivity contribution in [3.63, 3.8) is 0 Å². The predicted octanol–water partition coefficient (Wildman–Crippen LogP) is 4.42. The molecule has 1 saturated carbocycles. The van der Waals surface area contributed by atoms with E-state index in [0.29, 0.717) is 5.41 Å². The van der Waals surface area contributed by atoms with Crippen LogP contribution in [0.5, 0.6) is 0 Å². The molecule has 0 aromatic carbocycles. The Bertz CT molecular complexity index is 211. The Kier molecular flexibility index (Phi) is 2.89. The second-order valence-corrected chi connectivity index (χ2v) is 5.93. The third kappa shape index (κ3) is 2.36. The van der Waals surface area contributed by atoms with Crippen LogP contribution in [-0.2, 0) is 0 Å². The number of rotatable bonds is 0. The van der Waals surface area contributed by atoms with E-state index in [2.05, 4.69) is 41.5 Å². The fourth-order valence-corrected chi connectivity index (χ4v) is 2.48. The summed E-state index contributed by atoms with van der Waals surface area (Å²) in [5.41, 5.74) is 3.77. The van der Waals surface area contributed by atoms with Gasteiger partial charge in [0.15, 0.2) is 0 Å². The molecule has 0 aromatic rings. The second-order valence-electron chi connectivity index (χ2n) is 5.93. The molecule has 1 aliphatic rings. The molecule has 0 nitrogen and oxygen atoms in total. The van der Waals surface area contributed by atoms with E-state index in [1.165, 1.54) is 12.8 Å². The molecule has 0 amide bonds. The van der Waals surface area contributed by atoms with E-state index in [1.54, 1.807) is 11.1 Å². The van der Waals surface area contributed by atoms with Crippen molar-refractivity contribution in [2.24, 2.45) is 17.3 Å². The van der Waals surface area contributed by atoms with E-state index in [-0.39, 0.29) is 0 Å². The Balaban J connectivity index is 2.78. The van der Waals surface area contributed by atoms with Crippen LogP contribution in [0.3, 0.4) is 0 Å². The zero-order valence-electron chi connectivity index (χ0n) is 10.1. The van der Waals surface area contributed by atoms with Crippen molar-refractivity contribution < 1.29 is 0 Å². The normalized spacial score (nSPS) is 29.5. The van der Waals surface area contributed by atoms with Crippen LogP contribution in [-0.4, -0.2) is 0 Å². The van der Waals surface area contributed by atoms with Gasteiger partial charge in [-0.25, -0.2) is 0 Å². The molecule has 0 saturated heterocycles. The molecule has 2 atom stereocenters. The van der Waals surface area contributed by atoms with E-state index >= 15 is 0 Å². The van der Waals surface area contributed by atoms with Gasteiger partial charge in [-0.2, -0.15) is 0 Å². The minimum atomic E-state index is 0.492. The molecule has 13 heavy (non-hydrogen) atoms. The highest BCUT2D eigenvalue weighted by Crippen LogP contribution is 2.45. The number of hydrogen-bond acceptors (Lipinski definition) is 0. The van der Waals surface area contributed by atoms with E-state index < -0.39 is 0 Å². The predicted molar refractivity (Wildman–Crippen MR) is 59.7 cm³/mol. The van der Waals surface area contributed by atoms with Gasteiger partial charge in [0.1, 0.15) is 0 Å². The topological polar surface area (TPSA) is 0 Å². The lowest BCUT2D eigenvalue weighted by Gasteiger charge is -2.26. The Morgan fingerprint density at radius 2 is 1.77 bits per heavy atom. The number of allylic oxidation sites excluding steroid dienone is 2. The standard InChI is InChI=1S/C13H24/c1-9(2)12-8-11(7-10(12)3)13(4,5)6/h10-11H,7-8H2,1-6H3. The molecule has 0 bridgehead atoms. The van der Waals surface area contributed by atoms with Crippen molar-refractivity contribution in [1.29, 1.82) is 0 Å². The lowest BCUT2D eigenvalue weighted by atomic mass is 9.79. The van der Waals surface area contributed by atoms with E-state index in [1.807, 2.05) is 0 Å². The Morgan fingerprint density at radius 1 is 1.23 bits per heavy atom. The molecule has 0 heteroatoms. The first kappa shape index (κ1) is 10.8. The van der Waals surface area contributed by atoms with Gasteiger partial charge in [-0.05, 0) is 43.9 Å². The molecule has 76 valence electrons. The highest BCUT2D eigenvalue weighted by Gasteiger charge is 2.34. The summed E-state index contributed by atoms with van der Waals surface area (Å²) in [5, 5.41) is 0. The third-order valence-electron chi connectivity index (χ3n) is 3.57. The average Bonchev–Trinajstić information content (AvgIpc) is 2.29. The summed E-state index contributed by atoms with van der Waals surface area (Å²) in [6.45, 7) is 14.0. The monoisotopic (exact) mass is 180 g/mol. The van der Waals surface area contributed by atoms with Crippen LogP contribution in [0.4, 0.5) is 0 Å². The summed E-state index contributed by atoms with van der Waals surface area (Å²) in [4.78, 5) is 0. The summed E-state index contributed by atoms with van der Waals surface area (Å²) in [7, 11) is 0. The van der Waals surface area contributed by atoms with Crippen molar-refractivity contribution in [2.45, 2.75) is 54.4 Å². The fourth-order valence-electron chi connectivity index (χ4n) is 2.48. The molecule has 0 heterocycles. The Labute approximate surface area is 83.4 Å². The van der Waals surface area contributed by atoms with Gasteiger partial charge in [0.05, 0.1) is 0 Å². The first-order valence-electron chi connectivity index (χ1n) is 5.48. The van der Waals surface area contributed by atoms with Gasteiger partial charge in [-0.15, -0.1) is 0 Å². The highest BCUT2D eigenvalue weighted by molar-refractivity contribution is 5.18. The zero-order valence-corrected chi connectivity index (χ0v) is 10.1. The molecule has 1 aliphatic carbocycles. The lowest BCUT2D eigenvalue weighted by Crippen LogP contribution is -2.17. The van der Waals surface area contributed by atoms with Gasteiger partial charge in [-0.3, -0.25) is 0 Å². The molecule has 0 aromatic heterocycles. The zero-order chi connectivity index (χ0) is 10.2. The molecular formula is C13H24. The number of hydrogen-bond donors (Lipinski definition) is 0. The minimum absolute atomic E-state index is 0.492. The van der Waals surface area contributed by atoms with Gasteiger partial charge in [0.25, 0.3) is 0 Å². The summed E-state index contributed by atoms with van der Waals surface area (Å²) < 4.78 is 0. The van der Waals surface area contributed by atoms with Gasteiger partial charge in [0.2, 0.25) is 0 Å². The smallest absolute Gasteiger partial charge is 0.0226 e. The van der Waals surface area contributed by atoms with Gasteiger partial charge < -0.3 is 0 Å². The van der Waals surface area contributed by atoms with Crippen molar-refractivity contribution in [3.05, 3.63) is 11.1 Å². The maximum atomic E-state index is 2.38. The first-order chi connectivity index (χ1) is 5.82. The van der Waals surface area contributed by atoms with Crippen LogP contribution in [0.2, 0.25) is 0 Å². The molecule has 0 N–H and O–H groups in total. The highest BCUT2D eigenvalue weighted by atomic mass is 14.4. The Morgan fingerprint density at radius 3 is 2.00 bits per heavy atom. The van der Waals surface area contributed by atoms with Gasteiger partial charge in [0, 0.05) is 0 Å². The maximum Gasteiger partial charge on any atom is -0.0226 e. The lowest BCUT2D eigenvalue weighted by molar-refractivity contribution is 0.242. The van der Waals surface area contributed by atoms with Crippen LogP contribution < -0.4 is 0 Å². The van der Waals surface area contributed by atoms with Crippen molar-refractivity contribution in [2.75, 3.05) is 0 Å². The van der Waals surface area contributed by atoms with Crippen LogP contribution >= 0.6 is 0 Å². The van der Waals surface area contributed by atoms with Crippen LogP contribution in [0, 0.1) is 17.3 Å². The van der Waals surface area contributed by atoms with E-state index in [4.69, 9.17) is 0 Å². The maximum absolute atomic E-state index is 2.38. The molecular weight excluding hydrogens is 156 g/mol. The minimum Gasteiger partial charge on any atom is -0.0770 e. The fraction of sp³-hybridized carbons (Fsp3) is 0.846. The summed E-state index contributed by atoms with van der Waals surface area (Å²) in [6.07, 6.45) is 2.73. The average molecular weight is 180 g/mol. The molecule has 1 rings (SSSR count). The molecule has 1 fully saturated rings. The quantitative estimate of drug-likeness (QED) is 0.484. The molecule has 0 radical (unpaired) electrons. The molecule has 0 aliphatic heterocycles. The van der Waals surface area contributed by atoms with Crippen molar-refractivity contribution in [1.82, 2.24) is 0 Å². The van der Waals surface area contributed by atoms with Crippen LogP contribution in [0.15, 0.2) is 11.1 Å². The summed E-state index contributed by atoms with van der Waals surface area (Å²) in [5.74, 6) is 1.72. The third-order valence-corrected chi connectivity index (χ3v) is 3.57. The molecule has 0 spiro atoms.